The summed E-state index contributed by atoms with van der Waals surface area (Å²) < 4.78 is 0.524. The molecule has 0 aliphatic heterocycles. The smallest absolute Gasteiger partial charge is 0.318 e. The summed E-state index contributed by atoms with van der Waals surface area (Å²) >= 11 is 9.08. The maximum Gasteiger partial charge on any atom is 0.318 e. The van der Waals surface area contributed by atoms with Gasteiger partial charge in [-0.15, -0.1) is 0 Å². The molecular weight excluding hydrogens is 309 g/mol. The van der Waals surface area contributed by atoms with E-state index in [0.29, 0.717) is 15.2 Å². The number of carbonyl (C=O) groups excluding carboxylic acids is 1. The van der Waals surface area contributed by atoms with Crippen LogP contribution in [0.15, 0.2) is 22.7 Å². The summed E-state index contributed by atoms with van der Waals surface area (Å²) in [6.45, 7) is 2.67. The zero-order valence-electron chi connectivity index (χ0n) is 9.25. The fraction of sp³-hybridized carbons (Fsp3) is 0.273. The molecule has 92 valence electrons. The molecule has 0 aliphatic carbocycles. The van der Waals surface area contributed by atoms with Crippen LogP contribution >= 0.6 is 27.5 Å². The lowest BCUT2D eigenvalue weighted by atomic mass is 9.92. The molecule has 0 saturated carbocycles. The van der Waals surface area contributed by atoms with Crippen molar-refractivity contribution in [2.45, 2.75) is 13.8 Å². The molecule has 1 rings (SSSR count). The fourth-order valence-electron chi connectivity index (χ4n) is 0.976. The Balaban J connectivity index is 2.97. The van der Waals surface area contributed by atoms with Gasteiger partial charge in [-0.05, 0) is 41.9 Å². The molecule has 4 nitrogen and oxygen atoms in total. The second-order valence-corrected chi connectivity index (χ2v) is 5.19. The van der Waals surface area contributed by atoms with E-state index in [1.54, 1.807) is 18.2 Å². The summed E-state index contributed by atoms with van der Waals surface area (Å²) in [7, 11) is 0. The standard InChI is InChI=1S/C11H11BrClNO3/c1-11(2,10(16)17)9(15)14-7-5-3-4-6(13)8(7)12/h3-5H,1-2H3,(H,14,15)(H,16,17). The number of carboxylic acids is 1. The number of aliphatic carboxylic acids is 1. The minimum Gasteiger partial charge on any atom is -0.480 e. The van der Waals surface area contributed by atoms with E-state index in [2.05, 4.69) is 21.2 Å². The van der Waals surface area contributed by atoms with Crippen LogP contribution in [0.4, 0.5) is 5.69 Å². The highest BCUT2D eigenvalue weighted by Crippen LogP contribution is 2.31. The summed E-state index contributed by atoms with van der Waals surface area (Å²) in [5, 5.41) is 11.9. The van der Waals surface area contributed by atoms with E-state index in [-0.39, 0.29) is 0 Å². The van der Waals surface area contributed by atoms with Crippen LogP contribution in [-0.2, 0) is 9.59 Å². The molecule has 17 heavy (non-hydrogen) atoms. The summed E-state index contributed by atoms with van der Waals surface area (Å²) in [6, 6.07) is 4.95. The number of amides is 1. The van der Waals surface area contributed by atoms with Gasteiger partial charge in [-0.1, -0.05) is 17.7 Å². The van der Waals surface area contributed by atoms with Gasteiger partial charge in [0.05, 0.1) is 15.2 Å². The molecule has 0 heterocycles. The largest absolute Gasteiger partial charge is 0.480 e. The third-order valence-electron chi connectivity index (χ3n) is 2.30. The second kappa shape index (κ2) is 5.06. The summed E-state index contributed by atoms with van der Waals surface area (Å²) in [6.07, 6.45) is 0. The highest BCUT2D eigenvalue weighted by Gasteiger charge is 2.36. The molecule has 1 aromatic carbocycles. The monoisotopic (exact) mass is 319 g/mol. The Kier molecular flexibility index (Phi) is 4.16. The highest BCUT2D eigenvalue weighted by molar-refractivity contribution is 9.10. The van der Waals surface area contributed by atoms with Crippen molar-refractivity contribution in [1.82, 2.24) is 0 Å². The summed E-state index contributed by atoms with van der Waals surface area (Å²) in [4.78, 5) is 22.7. The average Bonchev–Trinajstić information content (AvgIpc) is 2.24. The van der Waals surface area contributed by atoms with E-state index >= 15 is 0 Å². The minimum absolute atomic E-state index is 0.441. The molecule has 0 atom stereocenters. The Morgan fingerprint density at radius 3 is 2.53 bits per heavy atom. The molecule has 0 aliphatic rings. The molecule has 0 fully saturated rings. The van der Waals surface area contributed by atoms with E-state index in [1.165, 1.54) is 13.8 Å². The SMILES string of the molecule is CC(C)(C(=O)O)C(=O)Nc1cccc(Cl)c1Br. The van der Waals surface area contributed by atoms with Gasteiger partial charge in [0.1, 0.15) is 5.41 Å². The minimum atomic E-state index is -1.50. The molecule has 1 amide bonds. The Morgan fingerprint density at radius 2 is 2.00 bits per heavy atom. The number of hydrogen-bond acceptors (Lipinski definition) is 2. The van der Waals surface area contributed by atoms with Crippen LogP contribution in [0.3, 0.4) is 0 Å². The van der Waals surface area contributed by atoms with E-state index in [1.807, 2.05) is 0 Å². The van der Waals surface area contributed by atoms with Gasteiger partial charge in [-0.2, -0.15) is 0 Å². The van der Waals surface area contributed by atoms with Crippen molar-refractivity contribution < 1.29 is 14.7 Å². The van der Waals surface area contributed by atoms with Crippen molar-refractivity contribution in [2.75, 3.05) is 5.32 Å². The average molecular weight is 321 g/mol. The number of halogens is 2. The molecule has 0 unspecified atom stereocenters. The third-order valence-corrected chi connectivity index (χ3v) is 3.70. The Labute approximate surface area is 112 Å². The molecule has 6 heteroatoms. The topological polar surface area (TPSA) is 66.4 Å². The van der Waals surface area contributed by atoms with Gasteiger partial charge in [0, 0.05) is 0 Å². The lowest BCUT2D eigenvalue weighted by Crippen LogP contribution is -2.37. The maximum absolute atomic E-state index is 11.8. The van der Waals surface area contributed by atoms with Gasteiger partial charge in [-0.3, -0.25) is 9.59 Å². The molecule has 0 radical (unpaired) electrons. The molecule has 1 aromatic rings. The molecule has 2 N–H and O–H groups in total. The fourth-order valence-corrected chi connectivity index (χ4v) is 1.51. The molecule has 0 aromatic heterocycles. The number of carbonyl (C=O) groups is 2. The maximum atomic E-state index is 11.8. The van der Waals surface area contributed by atoms with Crippen LogP contribution in [0, 0.1) is 5.41 Å². The van der Waals surface area contributed by atoms with E-state index in [4.69, 9.17) is 16.7 Å². The van der Waals surface area contributed by atoms with Gasteiger partial charge in [0.25, 0.3) is 0 Å². The predicted molar refractivity (Wildman–Crippen MR) is 69.2 cm³/mol. The van der Waals surface area contributed by atoms with Crippen molar-refractivity contribution in [2.24, 2.45) is 5.41 Å². The van der Waals surface area contributed by atoms with Gasteiger partial charge in [0.15, 0.2) is 0 Å². The Morgan fingerprint density at radius 1 is 1.41 bits per heavy atom. The Bertz CT molecular complexity index is 474. The van der Waals surface area contributed by atoms with Gasteiger partial charge in [-0.25, -0.2) is 0 Å². The first-order chi connectivity index (χ1) is 7.76. The van der Waals surface area contributed by atoms with Crippen LogP contribution in [0.5, 0.6) is 0 Å². The van der Waals surface area contributed by atoms with Crippen molar-refractivity contribution >= 4 is 45.1 Å². The van der Waals surface area contributed by atoms with E-state index in [0.717, 1.165) is 0 Å². The van der Waals surface area contributed by atoms with Gasteiger partial charge < -0.3 is 10.4 Å². The van der Waals surface area contributed by atoms with Crippen LogP contribution in [0.2, 0.25) is 5.02 Å². The predicted octanol–water partition coefficient (Wildman–Crippen LogP) is 3.15. The number of rotatable bonds is 3. The van der Waals surface area contributed by atoms with Crippen molar-refractivity contribution in [3.05, 3.63) is 27.7 Å². The zero-order valence-corrected chi connectivity index (χ0v) is 11.6. The van der Waals surface area contributed by atoms with Crippen molar-refractivity contribution in [1.29, 1.82) is 0 Å². The number of nitrogens with one attached hydrogen (secondary N) is 1. The first kappa shape index (κ1) is 14.0. The van der Waals surface area contributed by atoms with Crippen LogP contribution in [0.1, 0.15) is 13.8 Å². The zero-order chi connectivity index (χ0) is 13.2. The van der Waals surface area contributed by atoms with Crippen molar-refractivity contribution in [3.8, 4) is 0 Å². The molecule has 0 saturated heterocycles. The number of anilines is 1. The third kappa shape index (κ3) is 2.98. The van der Waals surface area contributed by atoms with Crippen LogP contribution in [-0.4, -0.2) is 17.0 Å². The van der Waals surface area contributed by atoms with E-state index < -0.39 is 17.3 Å². The molecule has 0 spiro atoms. The second-order valence-electron chi connectivity index (χ2n) is 3.99. The summed E-state index contributed by atoms with van der Waals surface area (Å²) in [5.41, 5.74) is -1.06. The first-order valence-electron chi connectivity index (χ1n) is 4.75. The van der Waals surface area contributed by atoms with Crippen LogP contribution in [0.25, 0.3) is 0 Å². The van der Waals surface area contributed by atoms with Gasteiger partial charge >= 0.3 is 5.97 Å². The van der Waals surface area contributed by atoms with Gasteiger partial charge in [0.2, 0.25) is 5.91 Å². The van der Waals surface area contributed by atoms with Crippen molar-refractivity contribution in [3.63, 3.8) is 0 Å². The molecular formula is C11H11BrClNO3. The lowest BCUT2D eigenvalue weighted by molar-refractivity contribution is -0.151. The highest BCUT2D eigenvalue weighted by atomic mass is 79.9. The number of benzene rings is 1. The quantitative estimate of drug-likeness (QED) is 0.841. The summed E-state index contributed by atoms with van der Waals surface area (Å²) in [5.74, 6) is -1.79. The van der Waals surface area contributed by atoms with E-state index in [9.17, 15) is 9.59 Å². The number of carboxylic acid groups (broad SMARTS) is 1. The van der Waals surface area contributed by atoms with Crippen LogP contribution < -0.4 is 5.32 Å². The number of hydrogen-bond donors (Lipinski definition) is 2. The first-order valence-corrected chi connectivity index (χ1v) is 5.92. The molecule has 0 bridgehead atoms. The normalized spacial score (nSPS) is 11.1. The Hall–Kier alpha value is -1.07. The lowest BCUT2D eigenvalue weighted by Gasteiger charge is -2.19.